The number of hydrogen-bond donors (Lipinski definition) is 0. The fourth-order valence-corrected chi connectivity index (χ4v) is 4.63. The zero-order valence-electron chi connectivity index (χ0n) is 12.6. The highest BCUT2D eigenvalue weighted by Gasteiger charge is 2.28. The van der Waals surface area contributed by atoms with E-state index >= 15 is 0 Å². The van der Waals surface area contributed by atoms with Gasteiger partial charge in [-0.05, 0) is 37.3 Å². The SMILES string of the molecule is CC(SC1CCCc2ccccc21)C(=O)N1CCOCC1. The second-order valence-electron chi connectivity index (χ2n) is 5.80. The largest absolute Gasteiger partial charge is 0.378 e. The Bertz CT molecular complexity index is 499. The molecule has 1 aliphatic carbocycles. The standard InChI is InChI=1S/C17H23NO2S/c1-13(17(19)18-9-11-20-12-10-18)21-16-8-4-6-14-5-2-3-7-15(14)16/h2-3,5,7,13,16H,4,6,8-12H2,1H3. The minimum atomic E-state index is 0.0271. The molecule has 21 heavy (non-hydrogen) atoms. The van der Waals surface area contributed by atoms with Crippen LogP contribution in [0, 0.1) is 0 Å². The number of carbonyl (C=O) groups is 1. The van der Waals surface area contributed by atoms with Gasteiger partial charge in [-0.15, -0.1) is 11.8 Å². The van der Waals surface area contributed by atoms with E-state index in [1.54, 1.807) is 0 Å². The average Bonchev–Trinajstić information content (AvgIpc) is 2.55. The summed E-state index contributed by atoms with van der Waals surface area (Å²) in [6, 6.07) is 8.70. The van der Waals surface area contributed by atoms with E-state index in [0.29, 0.717) is 18.5 Å². The number of nitrogens with zero attached hydrogens (tertiary/aromatic N) is 1. The summed E-state index contributed by atoms with van der Waals surface area (Å²) in [6.45, 7) is 4.89. The highest BCUT2D eigenvalue weighted by molar-refractivity contribution is 8.00. The predicted octanol–water partition coefficient (Wildman–Crippen LogP) is 3.04. The maximum absolute atomic E-state index is 12.5. The van der Waals surface area contributed by atoms with Gasteiger partial charge in [-0.3, -0.25) is 4.79 Å². The highest BCUT2D eigenvalue weighted by atomic mass is 32.2. The fraction of sp³-hybridized carbons (Fsp3) is 0.588. The van der Waals surface area contributed by atoms with Crippen molar-refractivity contribution in [3.8, 4) is 0 Å². The van der Waals surface area contributed by atoms with Crippen LogP contribution in [-0.2, 0) is 16.0 Å². The van der Waals surface area contributed by atoms with E-state index in [4.69, 9.17) is 4.74 Å². The Hall–Kier alpha value is -1.00. The van der Waals surface area contributed by atoms with Gasteiger partial charge >= 0.3 is 0 Å². The average molecular weight is 305 g/mol. The van der Waals surface area contributed by atoms with Crippen LogP contribution in [-0.4, -0.2) is 42.4 Å². The second kappa shape index (κ2) is 6.84. The molecule has 2 aliphatic rings. The molecule has 2 atom stereocenters. The molecule has 1 heterocycles. The Morgan fingerprint density at radius 2 is 2.10 bits per heavy atom. The molecule has 0 bridgehead atoms. The van der Waals surface area contributed by atoms with Gasteiger partial charge in [0.2, 0.25) is 5.91 Å². The third kappa shape index (κ3) is 3.43. The van der Waals surface area contributed by atoms with Crippen molar-refractivity contribution in [1.29, 1.82) is 0 Å². The third-order valence-electron chi connectivity index (χ3n) is 4.35. The molecular formula is C17H23NO2S. The van der Waals surface area contributed by atoms with Crippen LogP contribution in [0.4, 0.5) is 0 Å². The van der Waals surface area contributed by atoms with Crippen molar-refractivity contribution in [3.63, 3.8) is 0 Å². The van der Waals surface area contributed by atoms with Crippen LogP contribution >= 0.6 is 11.8 Å². The van der Waals surface area contributed by atoms with E-state index in [-0.39, 0.29) is 11.2 Å². The van der Waals surface area contributed by atoms with Gasteiger partial charge in [0.25, 0.3) is 0 Å². The van der Waals surface area contributed by atoms with Crippen molar-refractivity contribution in [3.05, 3.63) is 35.4 Å². The van der Waals surface area contributed by atoms with E-state index < -0.39 is 0 Å². The van der Waals surface area contributed by atoms with Gasteiger partial charge < -0.3 is 9.64 Å². The first kappa shape index (κ1) is 14.9. The number of ether oxygens (including phenoxy) is 1. The summed E-state index contributed by atoms with van der Waals surface area (Å²) in [5, 5.41) is 0.495. The lowest BCUT2D eigenvalue weighted by Gasteiger charge is -2.31. The minimum absolute atomic E-state index is 0.0271. The van der Waals surface area contributed by atoms with E-state index in [1.807, 2.05) is 16.7 Å². The summed E-state index contributed by atoms with van der Waals surface area (Å²) < 4.78 is 5.33. The van der Waals surface area contributed by atoms with Gasteiger partial charge in [0.1, 0.15) is 0 Å². The number of carbonyl (C=O) groups excluding carboxylic acids is 1. The number of morpholine rings is 1. The molecule has 0 radical (unpaired) electrons. The van der Waals surface area contributed by atoms with E-state index in [1.165, 1.54) is 30.4 Å². The Kier molecular flexibility index (Phi) is 4.86. The summed E-state index contributed by atoms with van der Waals surface area (Å²) in [5.74, 6) is 0.270. The van der Waals surface area contributed by atoms with Gasteiger partial charge in [0.15, 0.2) is 0 Å². The summed E-state index contributed by atoms with van der Waals surface area (Å²) in [5.41, 5.74) is 2.91. The maximum Gasteiger partial charge on any atom is 0.235 e. The first-order valence-electron chi connectivity index (χ1n) is 7.85. The van der Waals surface area contributed by atoms with E-state index in [2.05, 4.69) is 31.2 Å². The minimum Gasteiger partial charge on any atom is -0.378 e. The lowest BCUT2D eigenvalue weighted by Crippen LogP contribution is -2.44. The quantitative estimate of drug-likeness (QED) is 0.859. The summed E-state index contributed by atoms with van der Waals surface area (Å²) in [6.07, 6.45) is 3.59. The number of amides is 1. The topological polar surface area (TPSA) is 29.5 Å². The number of fused-ring (bicyclic) bond motifs is 1. The normalized spacial score (nSPS) is 23.5. The number of rotatable bonds is 3. The molecule has 3 rings (SSSR count). The van der Waals surface area contributed by atoms with Gasteiger partial charge in [0.05, 0.1) is 18.5 Å². The molecule has 1 amide bonds. The Morgan fingerprint density at radius 1 is 1.33 bits per heavy atom. The molecule has 114 valence electrons. The van der Waals surface area contributed by atoms with Gasteiger partial charge in [0, 0.05) is 18.3 Å². The molecule has 1 aromatic carbocycles. The van der Waals surface area contributed by atoms with E-state index in [0.717, 1.165) is 13.1 Å². The predicted molar refractivity (Wildman–Crippen MR) is 86.6 cm³/mol. The summed E-state index contributed by atoms with van der Waals surface area (Å²) in [4.78, 5) is 14.5. The highest BCUT2D eigenvalue weighted by Crippen LogP contribution is 2.41. The van der Waals surface area contributed by atoms with Crippen LogP contribution < -0.4 is 0 Å². The molecule has 3 nitrogen and oxygen atoms in total. The Labute approximate surface area is 131 Å². The smallest absolute Gasteiger partial charge is 0.235 e. The van der Waals surface area contributed by atoms with E-state index in [9.17, 15) is 4.79 Å². The molecular weight excluding hydrogens is 282 g/mol. The van der Waals surface area contributed by atoms with Crippen molar-refractivity contribution >= 4 is 17.7 Å². The zero-order chi connectivity index (χ0) is 14.7. The zero-order valence-corrected chi connectivity index (χ0v) is 13.4. The molecule has 0 aromatic heterocycles. The summed E-state index contributed by atoms with van der Waals surface area (Å²) >= 11 is 1.83. The molecule has 1 fully saturated rings. The van der Waals surface area contributed by atoms with Crippen LogP contribution in [0.5, 0.6) is 0 Å². The molecule has 0 N–H and O–H groups in total. The van der Waals surface area contributed by atoms with Crippen molar-refractivity contribution in [2.24, 2.45) is 0 Å². The number of benzene rings is 1. The number of hydrogen-bond acceptors (Lipinski definition) is 3. The van der Waals surface area contributed by atoms with Crippen molar-refractivity contribution in [1.82, 2.24) is 4.90 Å². The molecule has 4 heteroatoms. The van der Waals surface area contributed by atoms with Crippen LogP contribution in [0.2, 0.25) is 0 Å². The van der Waals surface area contributed by atoms with Crippen molar-refractivity contribution < 1.29 is 9.53 Å². The Balaban J connectivity index is 1.65. The van der Waals surface area contributed by atoms with Crippen LogP contribution in [0.3, 0.4) is 0 Å². The van der Waals surface area contributed by atoms with Crippen LogP contribution in [0.25, 0.3) is 0 Å². The van der Waals surface area contributed by atoms with Crippen molar-refractivity contribution in [2.75, 3.05) is 26.3 Å². The Morgan fingerprint density at radius 3 is 2.90 bits per heavy atom. The lowest BCUT2D eigenvalue weighted by molar-refractivity contribution is -0.134. The summed E-state index contributed by atoms with van der Waals surface area (Å²) in [7, 11) is 0. The lowest BCUT2D eigenvalue weighted by atomic mass is 9.91. The molecule has 1 aliphatic heterocycles. The monoisotopic (exact) mass is 305 g/mol. The fourth-order valence-electron chi connectivity index (χ4n) is 3.20. The van der Waals surface area contributed by atoms with Gasteiger partial charge in [-0.1, -0.05) is 24.3 Å². The number of aryl methyl sites for hydroxylation is 1. The molecule has 2 unspecified atom stereocenters. The molecule has 0 spiro atoms. The molecule has 0 saturated carbocycles. The maximum atomic E-state index is 12.5. The van der Waals surface area contributed by atoms with Crippen LogP contribution in [0.15, 0.2) is 24.3 Å². The van der Waals surface area contributed by atoms with Gasteiger partial charge in [-0.25, -0.2) is 0 Å². The first-order valence-corrected chi connectivity index (χ1v) is 8.80. The van der Waals surface area contributed by atoms with Crippen LogP contribution in [0.1, 0.15) is 36.1 Å². The molecule has 1 aromatic rings. The molecule has 1 saturated heterocycles. The first-order chi connectivity index (χ1) is 10.3. The second-order valence-corrected chi connectivity index (χ2v) is 7.34. The van der Waals surface area contributed by atoms with Gasteiger partial charge in [-0.2, -0.15) is 0 Å². The van der Waals surface area contributed by atoms with Crippen molar-refractivity contribution in [2.45, 2.75) is 36.7 Å². The number of thioether (sulfide) groups is 1. The third-order valence-corrected chi connectivity index (χ3v) is 5.78.